The third kappa shape index (κ3) is 5.06. The highest BCUT2D eigenvalue weighted by Crippen LogP contribution is 2.26. The van der Waals surface area contributed by atoms with Gasteiger partial charge in [0.1, 0.15) is 0 Å². The summed E-state index contributed by atoms with van der Waals surface area (Å²) in [5, 5.41) is 4.40. The number of ether oxygens (including phenoxy) is 2. The van der Waals surface area contributed by atoms with Crippen LogP contribution in [0.5, 0.6) is 0 Å². The average molecular weight is 287 g/mol. The van der Waals surface area contributed by atoms with Crippen molar-refractivity contribution >= 4 is 16.5 Å². The van der Waals surface area contributed by atoms with E-state index < -0.39 is 0 Å². The Labute approximate surface area is 119 Å². The second-order valence-corrected chi connectivity index (χ2v) is 5.65. The Balaban J connectivity index is 2.57. The predicted octanol–water partition coefficient (Wildman–Crippen LogP) is 1.66. The van der Waals surface area contributed by atoms with Crippen molar-refractivity contribution in [1.82, 2.24) is 10.3 Å². The van der Waals surface area contributed by atoms with Crippen LogP contribution in [-0.2, 0) is 16.0 Å². The van der Waals surface area contributed by atoms with Crippen molar-refractivity contribution in [1.29, 1.82) is 0 Å². The van der Waals surface area contributed by atoms with Gasteiger partial charge < -0.3 is 19.7 Å². The number of aromatic nitrogens is 1. The Morgan fingerprint density at radius 1 is 1.37 bits per heavy atom. The van der Waals surface area contributed by atoms with Gasteiger partial charge in [0.15, 0.2) is 5.13 Å². The molecule has 6 heteroatoms. The molecule has 1 N–H and O–H groups in total. The summed E-state index contributed by atoms with van der Waals surface area (Å²) in [6, 6.07) is 0.324. The molecule has 0 aliphatic heterocycles. The molecule has 1 aromatic heterocycles. The van der Waals surface area contributed by atoms with E-state index in [0.29, 0.717) is 12.6 Å². The molecule has 0 spiro atoms. The van der Waals surface area contributed by atoms with Crippen molar-refractivity contribution in [2.45, 2.75) is 26.4 Å². The number of rotatable bonds is 9. The monoisotopic (exact) mass is 287 g/mol. The standard InChI is InChI=1S/C13H25N3O2S/c1-10(9-18-5)16(3)13-15-11(2)12(19-13)8-14-6-7-17-4/h10,14H,6-9H2,1-5H3. The van der Waals surface area contributed by atoms with Gasteiger partial charge in [-0.15, -0.1) is 11.3 Å². The molecule has 5 nitrogen and oxygen atoms in total. The molecule has 0 fully saturated rings. The summed E-state index contributed by atoms with van der Waals surface area (Å²) in [5.74, 6) is 0. The summed E-state index contributed by atoms with van der Waals surface area (Å²) in [6.07, 6.45) is 0. The fourth-order valence-electron chi connectivity index (χ4n) is 1.65. The zero-order valence-electron chi connectivity index (χ0n) is 12.5. The van der Waals surface area contributed by atoms with E-state index in [1.54, 1.807) is 25.6 Å². The fraction of sp³-hybridized carbons (Fsp3) is 0.769. The number of methoxy groups -OCH3 is 2. The Morgan fingerprint density at radius 3 is 2.74 bits per heavy atom. The third-order valence-electron chi connectivity index (χ3n) is 3.02. The van der Waals surface area contributed by atoms with E-state index in [0.717, 1.165) is 30.5 Å². The van der Waals surface area contributed by atoms with Gasteiger partial charge in [-0.05, 0) is 13.8 Å². The van der Waals surface area contributed by atoms with Crippen LogP contribution in [0.2, 0.25) is 0 Å². The number of anilines is 1. The zero-order chi connectivity index (χ0) is 14.3. The first kappa shape index (κ1) is 16.4. The lowest BCUT2D eigenvalue weighted by Crippen LogP contribution is -2.32. The molecule has 1 unspecified atom stereocenters. The van der Waals surface area contributed by atoms with Crippen LogP contribution in [0, 0.1) is 6.92 Å². The fourth-order valence-corrected chi connectivity index (χ4v) is 2.74. The molecule has 0 saturated carbocycles. The van der Waals surface area contributed by atoms with Gasteiger partial charge in [0.25, 0.3) is 0 Å². The molecule has 1 atom stereocenters. The molecule has 0 amide bonds. The average Bonchev–Trinajstić information content (AvgIpc) is 2.75. The lowest BCUT2D eigenvalue weighted by Gasteiger charge is -2.23. The van der Waals surface area contributed by atoms with E-state index in [1.807, 2.05) is 0 Å². The van der Waals surface area contributed by atoms with Crippen molar-refractivity contribution in [3.63, 3.8) is 0 Å². The van der Waals surface area contributed by atoms with Gasteiger partial charge in [-0.2, -0.15) is 0 Å². The van der Waals surface area contributed by atoms with Crippen LogP contribution >= 0.6 is 11.3 Å². The largest absolute Gasteiger partial charge is 0.383 e. The first-order valence-corrected chi connectivity index (χ1v) is 7.29. The molecule has 1 aromatic rings. The predicted molar refractivity (Wildman–Crippen MR) is 80.2 cm³/mol. The molecule has 0 bridgehead atoms. The maximum Gasteiger partial charge on any atom is 0.185 e. The van der Waals surface area contributed by atoms with Crippen molar-refractivity contribution in [3.05, 3.63) is 10.6 Å². The third-order valence-corrected chi connectivity index (χ3v) is 4.27. The molecule has 0 aliphatic carbocycles. The molecular formula is C13H25N3O2S. The minimum Gasteiger partial charge on any atom is -0.383 e. The van der Waals surface area contributed by atoms with Crippen LogP contribution < -0.4 is 10.2 Å². The molecule has 1 heterocycles. The second-order valence-electron chi connectivity index (χ2n) is 4.59. The molecule has 19 heavy (non-hydrogen) atoms. The SMILES string of the molecule is COCCNCc1sc(N(C)C(C)COC)nc1C. The van der Waals surface area contributed by atoms with Crippen LogP contribution in [0.3, 0.4) is 0 Å². The summed E-state index contributed by atoms with van der Waals surface area (Å²) < 4.78 is 10.2. The number of likely N-dealkylation sites (N-methyl/N-ethyl adjacent to an activating group) is 1. The van der Waals surface area contributed by atoms with E-state index >= 15 is 0 Å². The van der Waals surface area contributed by atoms with Gasteiger partial charge in [0, 0.05) is 39.2 Å². The minimum atomic E-state index is 0.324. The Morgan fingerprint density at radius 2 is 2.11 bits per heavy atom. The van der Waals surface area contributed by atoms with E-state index in [2.05, 4.69) is 36.1 Å². The van der Waals surface area contributed by atoms with Crippen molar-refractivity contribution in [2.24, 2.45) is 0 Å². The molecule has 0 aromatic carbocycles. The normalized spacial score (nSPS) is 12.7. The zero-order valence-corrected chi connectivity index (χ0v) is 13.3. The molecule has 1 rings (SSSR count). The lowest BCUT2D eigenvalue weighted by molar-refractivity contribution is 0.183. The van der Waals surface area contributed by atoms with E-state index in [9.17, 15) is 0 Å². The minimum absolute atomic E-state index is 0.324. The summed E-state index contributed by atoms with van der Waals surface area (Å²) in [5.41, 5.74) is 1.10. The summed E-state index contributed by atoms with van der Waals surface area (Å²) in [7, 11) is 5.50. The summed E-state index contributed by atoms with van der Waals surface area (Å²) in [4.78, 5) is 8.08. The highest BCUT2D eigenvalue weighted by molar-refractivity contribution is 7.15. The van der Waals surface area contributed by atoms with Crippen molar-refractivity contribution < 1.29 is 9.47 Å². The lowest BCUT2D eigenvalue weighted by atomic mass is 10.3. The Kier molecular flexibility index (Phi) is 7.30. The van der Waals surface area contributed by atoms with Crippen LogP contribution in [0.15, 0.2) is 0 Å². The first-order valence-electron chi connectivity index (χ1n) is 6.47. The first-order chi connectivity index (χ1) is 9.10. The smallest absolute Gasteiger partial charge is 0.185 e. The Hall–Kier alpha value is -0.690. The topological polar surface area (TPSA) is 46.6 Å². The molecule has 0 aliphatic rings. The number of hydrogen-bond acceptors (Lipinski definition) is 6. The van der Waals surface area contributed by atoms with Gasteiger partial charge in [-0.3, -0.25) is 0 Å². The summed E-state index contributed by atoms with van der Waals surface area (Å²) >= 11 is 1.74. The number of aryl methyl sites for hydroxylation is 1. The number of nitrogens with one attached hydrogen (secondary N) is 1. The Bertz CT molecular complexity index is 371. The second kappa shape index (κ2) is 8.47. The van der Waals surface area contributed by atoms with Gasteiger partial charge in [0.05, 0.1) is 24.9 Å². The van der Waals surface area contributed by atoms with Gasteiger partial charge in [-0.1, -0.05) is 0 Å². The van der Waals surface area contributed by atoms with Crippen molar-refractivity contribution in [2.75, 3.05) is 45.9 Å². The van der Waals surface area contributed by atoms with Crippen LogP contribution in [0.4, 0.5) is 5.13 Å². The van der Waals surface area contributed by atoms with Crippen LogP contribution in [0.1, 0.15) is 17.5 Å². The maximum absolute atomic E-state index is 5.18. The molecular weight excluding hydrogens is 262 g/mol. The van der Waals surface area contributed by atoms with Crippen molar-refractivity contribution in [3.8, 4) is 0 Å². The molecule has 0 saturated heterocycles. The number of thiazole rings is 1. The highest BCUT2D eigenvalue weighted by Gasteiger charge is 2.15. The van der Waals surface area contributed by atoms with Gasteiger partial charge >= 0.3 is 0 Å². The highest BCUT2D eigenvalue weighted by atomic mass is 32.1. The summed E-state index contributed by atoms with van der Waals surface area (Å²) in [6.45, 7) is 7.34. The van der Waals surface area contributed by atoms with E-state index in [1.165, 1.54) is 4.88 Å². The molecule has 110 valence electrons. The molecule has 0 radical (unpaired) electrons. The van der Waals surface area contributed by atoms with E-state index in [-0.39, 0.29) is 0 Å². The van der Waals surface area contributed by atoms with E-state index in [4.69, 9.17) is 9.47 Å². The van der Waals surface area contributed by atoms with Gasteiger partial charge in [-0.25, -0.2) is 4.98 Å². The quantitative estimate of drug-likeness (QED) is 0.700. The van der Waals surface area contributed by atoms with Gasteiger partial charge in [0.2, 0.25) is 0 Å². The van der Waals surface area contributed by atoms with Crippen LogP contribution in [-0.4, -0.2) is 52.1 Å². The number of hydrogen-bond donors (Lipinski definition) is 1. The maximum atomic E-state index is 5.18. The van der Waals surface area contributed by atoms with Crippen LogP contribution in [0.25, 0.3) is 0 Å². The number of nitrogens with zero attached hydrogens (tertiary/aromatic N) is 2.